The van der Waals surface area contributed by atoms with E-state index in [1.54, 1.807) is 10.9 Å². The average molecular weight is 334 g/mol. The summed E-state index contributed by atoms with van der Waals surface area (Å²) in [5.41, 5.74) is 1.21. The van der Waals surface area contributed by atoms with Gasteiger partial charge < -0.3 is 5.32 Å². The van der Waals surface area contributed by atoms with Crippen LogP contribution in [0.15, 0.2) is 30.6 Å². The molecule has 0 spiro atoms. The van der Waals surface area contributed by atoms with Gasteiger partial charge in [-0.3, -0.25) is 4.79 Å². The molecule has 0 radical (unpaired) electrons. The van der Waals surface area contributed by atoms with E-state index in [9.17, 15) is 13.2 Å². The van der Waals surface area contributed by atoms with Crippen LogP contribution in [-0.4, -0.2) is 46.6 Å². The van der Waals surface area contributed by atoms with E-state index in [-0.39, 0.29) is 23.5 Å². The molecule has 1 saturated heterocycles. The van der Waals surface area contributed by atoms with E-state index in [1.165, 1.54) is 6.20 Å². The molecule has 3 heterocycles. The number of sulfone groups is 1. The lowest BCUT2D eigenvalue weighted by molar-refractivity contribution is 0.0940. The number of hydrogen-bond acceptors (Lipinski definition) is 5. The molecule has 2 aromatic rings. The predicted molar refractivity (Wildman–Crippen MR) is 85.3 cm³/mol. The van der Waals surface area contributed by atoms with E-state index in [2.05, 4.69) is 15.4 Å². The molecule has 8 heteroatoms. The third-order valence-corrected chi connectivity index (χ3v) is 5.65. The molecule has 0 bridgehead atoms. The number of pyridine rings is 1. The van der Waals surface area contributed by atoms with E-state index >= 15 is 0 Å². The zero-order valence-electron chi connectivity index (χ0n) is 12.8. The van der Waals surface area contributed by atoms with Crippen LogP contribution >= 0.6 is 0 Å². The van der Waals surface area contributed by atoms with E-state index in [0.29, 0.717) is 24.2 Å². The van der Waals surface area contributed by atoms with Crippen LogP contribution in [0.25, 0.3) is 5.82 Å². The number of rotatable bonds is 4. The molecule has 1 N–H and O–H groups in total. The van der Waals surface area contributed by atoms with Crippen molar-refractivity contribution in [3.05, 3.63) is 41.9 Å². The fourth-order valence-corrected chi connectivity index (χ4v) is 4.43. The van der Waals surface area contributed by atoms with Crippen molar-refractivity contribution < 1.29 is 13.2 Å². The van der Waals surface area contributed by atoms with Crippen molar-refractivity contribution in [3.8, 4) is 5.82 Å². The van der Waals surface area contributed by atoms with Gasteiger partial charge >= 0.3 is 0 Å². The summed E-state index contributed by atoms with van der Waals surface area (Å²) in [6.07, 6.45) is 4.25. The number of nitrogens with zero attached hydrogens (tertiary/aromatic N) is 3. The molecule has 7 nitrogen and oxygen atoms in total. The minimum atomic E-state index is -3.02. The van der Waals surface area contributed by atoms with E-state index in [0.717, 1.165) is 5.69 Å². The van der Waals surface area contributed by atoms with Crippen LogP contribution in [0, 0.1) is 0 Å². The fraction of sp³-hybridized carbons (Fsp3) is 0.400. The molecule has 3 rings (SSSR count). The Hall–Kier alpha value is -2.22. The van der Waals surface area contributed by atoms with Crippen molar-refractivity contribution in [3.63, 3.8) is 0 Å². The molecule has 0 aromatic carbocycles. The lowest BCUT2D eigenvalue weighted by atomic mass is 10.1. The minimum absolute atomic E-state index is 0.00851. The highest BCUT2D eigenvalue weighted by Gasteiger charge is 2.30. The third kappa shape index (κ3) is 3.26. The smallest absolute Gasteiger partial charge is 0.255 e. The Kier molecular flexibility index (Phi) is 4.16. The maximum Gasteiger partial charge on any atom is 0.255 e. The topological polar surface area (TPSA) is 94.0 Å². The number of carbonyl (C=O) groups is 1. The molecule has 1 aliphatic heterocycles. The number of aromatic nitrogens is 3. The van der Waals surface area contributed by atoms with Crippen molar-refractivity contribution in [2.45, 2.75) is 25.8 Å². The first-order chi connectivity index (χ1) is 11.0. The Labute approximate surface area is 134 Å². The van der Waals surface area contributed by atoms with Gasteiger partial charge in [0.1, 0.15) is 0 Å². The van der Waals surface area contributed by atoms with E-state index in [1.807, 2.05) is 25.1 Å². The summed E-state index contributed by atoms with van der Waals surface area (Å²) in [6, 6.07) is 5.16. The second-order valence-electron chi connectivity index (χ2n) is 5.53. The second-order valence-corrected chi connectivity index (χ2v) is 7.76. The monoisotopic (exact) mass is 334 g/mol. The molecule has 122 valence electrons. The highest BCUT2D eigenvalue weighted by molar-refractivity contribution is 7.91. The Morgan fingerprint density at radius 2 is 2.26 bits per heavy atom. The Bertz CT molecular complexity index is 815. The van der Waals surface area contributed by atoms with Crippen molar-refractivity contribution in [1.29, 1.82) is 0 Å². The summed E-state index contributed by atoms with van der Waals surface area (Å²) >= 11 is 0. The largest absolute Gasteiger partial charge is 0.348 e. The number of hydrogen-bond donors (Lipinski definition) is 1. The third-order valence-electron chi connectivity index (χ3n) is 3.88. The molecule has 1 aliphatic rings. The minimum Gasteiger partial charge on any atom is -0.348 e. The number of carbonyl (C=O) groups excluding carboxylic acids is 1. The van der Waals surface area contributed by atoms with Crippen LogP contribution < -0.4 is 5.32 Å². The van der Waals surface area contributed by atoms with Crippen molar-refractivity contribution in [1.82, 2.24) is 20.1 Å². The van der Waals surface area contributed by atoms with Gasteiger partial charge in [-0.25, -0.2) is 18.1 Å². The molecule has 1 atom stereocenters. The summed E-state index contributed by atoms with van der Waals surface area (Å²) < 4.78 is 24.6. The standard InChI is InChI=1S/C15H18N4O3S/c1-2-13-12(9-17-19(13)14-5-3-4-7-16-14)15(20)18-11-6-8-23(21,22)10-11/h3-5,7,9,11H,2,6,8,10H2,1H3,(H,18,20)/t11-/m1/s1. The quantitative estimate of drug-likeness (QED) is 0.890. The van der Waals surface area contributed by atoms with Crippen molar-refractivity contribution in [2.75, 3.05) is 11.5 Å². The Balaban J connectivity index is 1.83. The van der Waals surface area contributed by atoms with Crippen LogP contribution in [0.5, 0.6) is 0 Å². The maximum atomic E-state index is 12.5. The first-order valence-corrected chi connectivity index (χ1v) is 9.32. The Morgan fingerprint density at radius 1 is 1.43 bits per heavy atom. The van der Waals surface area contributed by atoms with Crippen molar-refractivity contribution >= 4 is 15.7 Å². The summed E-state index contributed by atoms with van der Waals surface area (Å²) in [5, 5.41) is 7.05. The van der Waals surface area contributed by atoms with Gasteiger partial charge in [0.15, 0.2) is 15.7 Å². The van der Waals surface area contributed by atoms with Crippen LogP contribution in [0.4, 0.5) is 0 Å². The zero-order chi connectivity index (χ0) is 16.4. The summed E-state index contributed by atoms with van der Waals surface area (Å²) in [5.74, 6) is 0.498. The zero-order valence-corrected chi connectivity index (χ0v) is 13.6. The first-order valence-electron chi connectivity index (χ1n) is 7.50. The van der Waals surface area contributed by atoms with Gasteiger partial charge in [0.05, 0.1) is 29.0 Å². The molecular weight excluding hydrogens is 316 g/mol. The molecule has 2 aromatic heterocycles. The molecular formula is C15H18N4O3S. The molecule has 0 aliphatic carbocycles. The SMILES string of the molecule is CCc1c(C(=O)N[C@@H]2CCS(=O)(=O)C2)cnn1-c1ccccn1. The molecule has 0 saturated carbocycles. The van der Waals surface area contributed by atoms with Crippen LogP contribution in [0.3, 0.4) is 0 Å². The summed E-state index contributed by atoms with van der Waals surface area (Å²) in [4.78, 5) is 16.7. The van der Waals surface area contributed by atoms with E-state index in [4.69, 9.17) is 0 Å². The Morgan fingerprint density at radius 3 is 2.87 bits per heavy atom. The lowest BCUT2D eigenvalue weighted by Gasteiger charge is -2.11. The molecule has 1 amide bonds. The predicted octanol–water partition coefficient (Wildman–Crippen LogP) is 0.747. The van der Waals surface area contributed by atoms with Gasteiger partial charge in [-0.1, -0.05) is 13.0 Å². The van der Waals surface area contributed by atoms with Gasteiger partial charge in [0.2, 0.25) is 0 Å². The van der Waals surface area contributed by atoms with Gasteiger partial charge in [0.25, 0.3) is 5.91 Å². The highest BCUT2D eigenvalue weighted by Crippen LogP contribution is 2.16. The van der Waals surface area contributed by atoms with Gasteiger partial charge in [-0.2, -0.15) is 5.10 Å². The lowest BCUT2D eigenvalue weighted by Crippen LogP contribution is -2.35. The molecule has 23 heavy (non-hydrogen) atoms. The molecule has 0 unspecified atom stereocenters. The van der Waals surface area contributed by atoms with Crippen LogP contribution in [0.2, 0.25) is 0 Å². The normalized spacial score (nSPS) is 19.6. The number of nitrogens with one attached hydrogen (secondary N) is 1. The highest BCUT2D eigenvalue weighted by atomic mass is 32.2. The van der Waals surface area contributed by atoms with Crippen LogP contribution in [0.1, 0.15) is 29.4 Å². The number of amides is 1. The van der Waals surface area contributed by atoms with Gasteiger partial charge in [-0.05, 0) is 25.0 Å². The first kappa shape index (κ1) is 15.7. The van der Waals surface area contributed by atoms with Crippen LogP contribution in [-0.2, 0) is 16.3 Å². The van der Waals surface area contributed by atoms with Gasteiger partial charge in [-0.15, -0.1) is 0 Å². The summed E-state index contributed by atoms with van der Waals surface area (Å²) in [7, 11) is -3.02. The maximum absolute atomic E-state index is 12.5. The van der Waals surface area contributed by atoms with Gasteiger partial charge in [0, 0.05) is 12.2 Å². The van der Waals surface area contributed by atoms with E-state index < -0.39 is 9.84 Å². The fourth-order valence-electron chi connectivity index (χ4n) is 2.75. The second kappa shape index (κ2) is 6.11. The molecule has 1 fully saturated rings. The van der Waals surface area contributed by atoms with Crippen molar-refractivity contribution in [2.24, 2.45) is 0 Å². The summed E-state index contributed by atoms with van der Waals surface area (Å²) in [6.45, 7) is 1.94. The average Bonchev–Trinajstić information content (AvgIpc) is 3.11.